The van der Waals surface area contributed by atoms with E-state index in [0.29, 0.717) is 0 Å². The van der Waals surface area contributed by atoms with Crippen molar-refractivity contribution < 1.29 is 0 Å². The molecule has 1 nitrogen and oxygen atoms in total. The smallest absolute Gasteiger partial charge is 0.0230 e. The zero-order chi connectivity index (χ0) is 17.2. The number of hydrogen-bond donors (Lipinski definition) is 0. The molecule has 1 unspecified atom stereocenters. The summed E-state index contributed by atoms with van der Waals surface area (Å²) < 4.78 is 0. The standard InChI is InChI=1S/C24H31N/c1-25(2)17-20-12-8-14-22(20)21-15-19-11-6-7-13-23(19)24(16-21)18-9-4-3-5-10-18/h6-8,11-13,15,18,24H,3-5,9-10,14,16-17H2,1-2H3. The highest BCUT2D eigenvalue weighted by atomic mass is 15.0. The molecule has 132 valence electrons. The van der Waals surface area contributed by atoms with Gasteiger partial charge in [0, 0.05) is 6.54 Å². The van der Waals surface area contributed by atoms with E-state index in [1.807, 2.05) is 0 Å². The number of allylic oxidation sites excluding steroid dienone is 3. The van der Waals surface area contributed by atoms with E-state index in [4.69, 9.17) is 0 Å². The molecule has 1 aromatic rings. The van der Waals surface area contributed by atoms with E-state index in [2.05, 4.69) is 61.5 Å². The maximum Gasteiger partial charge on any atom is 0.0230 e. The molecule has 3 aliphatic rings. The molecule has 4 rings (SSSR count). The van der Waals surface area contributed by atoms with Crippen molar-refractivity contribution in [1.82, 2.24) is 4.90 Å². The highest BCUT2D eigenvalue weighted by Crippen LogP contribution is 2.46. The molecule has 0 aromatic heterocycles. The van der Waals surface area contributed by atoms with Crippen LogP contribution >= 0.6 is 0 Å². The van der Waals surface area contributed by atoms with E-state index in [-0.39, 0.29) is 0 Å². The lowest BCUT2D eigenvalue weighted by Crippen LogP contribution is -2.21. The first-order valence-electron chi connectivity index (χ1n) is 10.1. The van der Waals surface area contributed by atoms with Crippen molar-refractivity contribution in [2.45, 2.75) is 50.9 Å². The molecule has 25 heavy (non-hydrogen) atoms. The molecule has 1 saturated carbocycles. The van der Waals surface area contributed by atoms with Gasteiger partial charge in [0.2, 0.25) is 0 Å². The molecule has 1 heteroatoms. The van der Waals surface area contributed by atoms with Gasteiger partial charge in [0.25, 0.3) is 0 Å². The SMILES string of the molecule is CN(C)CC1=C(C2=Cc3ccccc3C(C3CCCCC3)C2)CC=C1. The lowest BCUT2D eigenvalue weighted by Gasteiger charge is -2.35. The van der Waals surface area contributed by atoms with Crippen LogP contribution in [0.5, 0.6) is 0 Å². The third kappa shape index (κ3) is 3.53. The van der Waals surface area contributed by atoms with Crippen molar-refractivity contribution in [3.63, 3.8) is 0 Å². The van der Waals surface area contributed by atoms with Crippen molar-refractivity contribution in [3.05, 3.63) is 64.3 Å². The average Bonchev–Trinajstić information content (AvgIpc) is 3.09. The number of hydrogen-bond acceptors (Lipinski definition) is 1. The van der Waals surface area contributed by atoms with Crippen LogP contribution < -0.4 is 0 Å². The van der Waals surface area contributed by atoms with Gasteiger partial charge in [0.1, 0.15) is 0 Å². The van der Waals surface area contributed by atoms with Crippen LogP contribution in [-0.4, -0.2) is 25.5 Å². The van der Waals surface area contributed by atoms with Crippen LogP contribution in [-0.2, 0) is 0 Å². The lowest BCUT2D eigenvalue weighted by atomic mass is 9.69. The summed E-state index contributed by atoms with van der Waals surface area (Å²) in [5, 5.41) is 0. The maximum atomic E-state index is 2.49. The number of benzene rings is 1. The summed E-state index contributed by atoms with van der Waals surface area (Å²) in [5.74, 6) is 1.61. The monoisotopic (exact) mass is 333 g/mol. The molecular formula is C24H31N. The van der Waals surface area contributed by atoms with Crippen LogP contribution in [0.3, 0.4) is 0 Å². The first-order valence-corrected chi connectivity index (χ1v) is 10.1. The number of fused-ring (bicyclic) bond motifs is 1. The quantitative estimate of drug-likeness (QED) is 0.657. The van der Waals surface area contributed by atoms with Crippen molar-refractivity contribution >= 4 is 6.08 Å². The Morgan fingerprint density at radius 2 is 1.84 bits per heavy atom. The molecule has 0 aliphatic heterocycles. The molecular weight excluding hydrogens is 302 g/mol. The summed E-state index contributed by atoms with van der Waals surface area (Å²) in [4.78, 5) is 2.29. The van der Waals surface area contributed by atoms with E-state index >= 15 is 0 Å². The topological polar surface area (TPSA) is 3.24 Å². The summed E-state index contributed by atoms with van der Waals surface area (Å²) in [7, 11) is 4.35. The first kappa shape index (κ1) is 16.8. The van der Waals surface area contributed by atoms with Crippen LogP contribution in [0.15, 0.2) is 53.1 Å². The van der Waals surface area contributed by atoms with Gasteiger partial charge in [-0.2, -0.15) is 0 Å². The molecule has 1 aromatic carbocycles. The van der Waals surface area contributed by atoms with Crippen LogP contribution in [0, 0.1) is 5.92 Å². The van der Waals surface area contributed by atoms with Crippen LogP contribution in [0.2, 0.25) is 0 Å². The molecule has 1 fully saturated rings. The van der Waals surface area contributed by atoms with Gasteiger partial charge in [-0.25, -0.2) is 0 Å². The molecule has 0 radical (unpaired) electrons. The fraction of sp³-hybridized carbons (Fsp3) is 0.500. The molecule has 0 N–H and O–H groups in total. The van der Waals surface area contributed by atoms with Gasteiger partial charge in [-0.05, 0) is 79.5 Å². The Labute approximate surface area is 153 Å². The Bertz CT molecular complexity index is 713. The molecule has 0 amide bonds. The molecule has 0 saturated heterocycles. The fourth-order valence-electron chi connectivity index (χ4n) is 5.12. The zero-order valence-electron chi connectivity index (χ0n) is 15.8. The minimum atomic E-state index is 0.727. The van der Waals surface area contributed by atoms with E-state index in [9.17, 15) is 0 Å². The Morgan fingerprint density at radius 1 is 1.04 bits per heavy atom. The second kappa shape index (κ2) is 7.33. The highest BCUT2D eigenvalue weighted by Gasteiger charge is 2.31. The Balaban J connectivity index is 1.69. The molecule has 0 heterocycles. The molecule has 3 aliphatic carbocycles. The van der Waals surface area contributed by atoms with Gasteiger partial charge in [0.05, 0.1) is 0 Å². The predicted octanol–water partition coefficient (Wildman–Crippen LogP) is 5.96. The van der Waals surface area contributed by atoms with Crippen molar-refractivity contribution in [2.24, 2.45) is 5.92 Å². The summed E-state index contributed by atoms with van der Waals surface area (Å²) in [6.07, 6.45) is 16.7. The van der Waals surface area contributed by atoms with Crippen LogP contribution in [0.1, 0.15) is 62.0 Å². The van der Waals surface area contributed by atoms with Crippen molar-refractivity contribution in [1.29, 1.82) is 0 Å². The van der Waals surface area contributed by atoms with E-state index in [0.717, 1.165) is 24.8 Å². The minimum Gasteiger partial charge on any atom is -0.305 e. The summed E-state index contributed by atoms with van der Waals surface area (Å²) in [5.41, 5.74) is 7.82. The maximum absolute atomic E-state index is 2.49. The predicted molar refractivity (Wildman–Crippen MR) is 108 cm³/mol. The number of likely N-dealkylation sites (N-methyl/N-ethyl adjacent to an activating group) is 1. The van der Waals surface area contributed by atoms with Gasteiger partial charge in [-0.3, -0.25) is 0 Å². The average molecular weight is 334 g/mol. The summed E-state index contributed by atoms with van der Waals surface area (Å²) >= 11 is 0. The number of nitrogens with zero attached hydrogens (tertiary/aromatic N) is 1. The van der Waals surface area contributed by atoms with E-state index in [1.54, 1.807) is 16.7 Å². The van der Waals surface area contributed by atoms with Gasteiger partial charge in [-0.15, -0.1) is 0 Å². The van der Waals surface area contributed by atoms with Crippen LogP contribution in [0.25, 0.3) is 6.08 Å². The molecule has 1 atom stereocenters. The van der Waals surface area contributed by atoms with Gasteiger partial charge < -0.3 is 4.90 Å². The Morgan fingerprint density at radius 3 is 2.64 bits per heavy atom. The summed E-state index contributed by atoms with van der Waals surface area (Å²) in [6.45, 7) is 1.05. The van der Waals surface area contributed by atoms with E-state index < -0.39 is 0 Å². The Hall–Kier alpha value is -1.60. The minimum absolute atomic E-state index is 0.727. The first-order chi connectivity index (χ1) is 12.2. The second-order valence-corrected chi connectivity index (χ2v) is 8.36. The Kier molecular flexibility index (Phi) is 4.94. The van der Waals surface area contributed by atoms with Crippen molar-refractivity contribution in [3.8, 4) is 0 Å². The third-order valence-corrected chi connectivity index (χ3v) is 6.29. The van der Waals surface area contributed by atoms with E-state index in [1.165, 1.54) is 49.7 Å². The van der Waals surface area contributed by atoms with Gasteiger partial charge >= 0.3 is 0 Å². The largest absolute Gasteiger partial charge is 0.305 e. The fourth-order valence-corrected chi connectivity index (χ4v) is 5.12. The van der Waals surface area contributed by atoms with Crippen molar-refractivity contribution in [2.75, 3.05) is 20.6 Å². The lowest BCUT2D eigenvalue weighted by molar-refractivity contribution is 0.301. The zero-order valence-corrected chi connectivity index (χ0v) is 15.8. The van der Waals surface area contributed by atoms with Gasteiger partial charge in [-0.1, -0.05) is 61.8 Å². The summed E-state index contributed by atoms with van der Waals surface area (Å²) in [6, 6.07) is 9.17. The highest BCUT2D eigenvalue weighted by molar-refractivity contribution is 5.67. The third-order valence-electron chi connectivity index (χ3n) is 6.29. The second-order valence-electron chi connectivity index (χ2n) is 8.36. The van der Waals surface area contributed by atoms with Crippen LogP contribution in [0.4, 0.5) is 0 Å². The van der Waals surface area contributed by atoms with Gasteiger partial charge in [0.15, 0.2) is 0 Å². The molecule has 0 spiro atoms. The number of rotatable bonds is 4. The normalized spacial score (nSPS) is 24.0. The molecule has 0 bridgehead atoms.